The molecule has 3 amide bonds. The van der Waals surface area contributed by atoms with Gasteiger partial charge < -0.3 is 5.32 Å². The Hall–Kier alpha value is -2.99. The predicted octanol–water partition coefficient (Wildman–Crippen LogP) is 1.55. The fourth-order valence-corrected chi connectivity index (χ4v) is 5.23. The number of carbonyl (C=O) groups excluding carboxylic acids is 3. The Morgan fingerprint density at radius 1 is 0.964 bits per heavy atom. The Balaban J connectivity index is 1.66. The van der Waals surface area contributed by atoms with Crippen LogP contribution in [0.25, 0.3) is 0 Å². The number of imide groups is 1. The number of nitrogens with one attached hydrogen (secondary N) is 3. The molecule has 2 fully saturated rings. The molecule has 142 valence electrons. The first-order valence-corrected chi connectivity index (χ1v) is 9.51. The molecule has 2 aromatic carbocycles. The number of hydrogen-bond acceptors (Lipinski definition) is 4. The van der Waals surface area contributed by atoms with Crippen molar-refractivity contribution in [1.29, 1.82) is 0 Å². The second-order valence-electron chi connectivity index (χ2n) is 8.06. The van der Waals surface area contributed by atoms with Crippen molar-refractivity contribution in [3.8, 4) is 0 Å². The molecule has 2 aromatic rings. The summed E-state index contributed by atoms with van der Waals surface area (Å²) in [6.45, 7) is 3.91. The molecule has 2 saturated heterocycles. The van der Waals surface area contributed by atoms with Crippen LogP contribution in [0.4, 0.5) is 5.69 Å². The summed E-state index contributed by atoms with van der Waals surface area (Å²) in [6.07, 6.45) is 0.567. The largest absolute Gasteiger partial charge is 0.324 e. The molecular formula is C22H21N3O3. The van der Waals surface area contributed by atoms with Crippen LogP contribution in [0.2, 0.25) is 0 Å². The highest BCUT2D eigenvalue weighted by molar-refractivity contribution is 6.15. The molecule has 5 rings (SSSR count). The Labute approximate surface area is 162 Å². The number of carbonyl (C=O) groups is 3. The fraction of sp³-hybridized carbons (Fsp3) is 0.318. The van der Waals surface area contributed by atoms with Crippen molar-refractivity contribution in [2.45, 2.75) is 31.8 Å². The van der Waals surface area contributed by atoms with Gasteiger partial charge in [0.1, 0.15) is 5.54 Å². The highest BCUT2D eigenvalue weighted by Gasteiger charge is 2.68. The Morgan fingerprint density at radius 3 is 2.46 bits per heavy atom. The van der Waals surface area contributed by atoms with E-state index >= 15 is 0 Å². The summed E-state index contributed by atoms with van der Waals surface area (Å²) >= 11 is 0. The number of aryl methyl sites for hydroxylation is 2. The minimum Gasteiger partial charge on any atom is -0.324 e. The van der Waals surface area contributed by atoms with Gasteiger partial charge in [-0.3, -0.25) is 25.0 Å². The van der Waals surface area contributed by atoms with Crippen LogP contribution in [0.5, 0.6) is 0 Å². The topological polar surface area (TPSA) is 87.3 Å². The molecule has 3 aliphatic heterocycles. The zero-order valence-corrected chi connectivity index (χ0v) is 15.7. The summed E-state index contributed by atoms with van der Waals surface area (Å²) in [4.78, 5) is 38.7. The third-order valence-corrected chi connectivity index (χ3v) is 6.30. The van der Waals surface area contributed by atoms with Gasteiger partial charge in [0, 0.05) is 17.3 Å². The minimum absolute atomic E-state index is 0.258. The van der Waals surface area contributed by atoms with E-state index < -0.39 is 17.4 Å². The number of rotatable bonds is 2. The van der Waals surface area contributed by atoms with Gasteiger partial charge in [0.15, 0.2) is 0 Å². The lowest BCUT2D eigenvalue weighted by molar-refractivity contribution is -0.132. The van der Waals surface area contributed by atoms with E-state index in [2.05, 4.69) is 16.0 Å². The monoisotopic (exact) mass is 375 g/mol. The van der Waals surface area contributed by atoms with Gasteiger partial charge in [-0.15, -0.1) is 0 Å². The molecule has 0 saturated carbocycles. The molecule has 0 aromatic heterocycles. The molecule has 1 spiro atoms. The Bertz CT molecular complexity index is 1030. The molecule has 4 atom stereocenters. The van der Waals surface area contributed by atoms with Crippen LogP contribution >= 0.6 is 0 Å². The van der Waals surface area contributed by atoms with Crippen LogP contribution in [-0.2, 0) is 26.3 Å². The van der Waals surface area contributed by atoms with Crippen LogP contribution < -0.4 is 16.0 Å². The number of anilines is 1. The number of amides is 3. The van der Waals surface area contributed by atoms with Crippen molar-refractivity contribution < 1.29 is 14.4 Å². The maximum absolute atomic E-state index is 13.2. The highest BCUT2D eigenvalue weighted by atomic mass is 16.2. The highest BCUT2D eigenvalue weighted by Crippen LogP contribution is 2.52. The predicted molar refractivity (Wildman–Crippen MR) is 103 cm³/mol. The van der Waals surface area contributed by atoms with E-state index in [4.69, 9.17) is 0 Å². The van der Waals surface area contributed by atoms with Crippen molar-refractivity contribution in [3.63, 3.8) is 0 Å². The van der Waals surface area contributed by atoms with Crippen molar-refractivity contribution in [2.24, 2.45) is 11.8 Å². The Kier molecular flexibility index (Phi) is 3.52. The molecule has 3 N–H and O–H groups in total. The van der Waals surface area contributed by atoms with E-state index in [0.717, 1.165) is 27.9 Å². The summed E-state index contributed by atoms with van der Waals surface area (Å²) in [7, 11) is 0. The van der Waals surface area contributed by atoms with Gasteiger partial charge in [-0.25, -0.2) is 0 Å². The average molecular weight is 375 g/mol. The van der Waals surface area contributed by atoms with Crippen molar-refractivity contribution in [3.05, 3.63) is 64.7 Å². The van der Waals surface area contributed by atoms with E-state index in [-0.39, 0.29) is 23.8 Å². The normalized spacial score (nSPS) is 30.4. The van der Waals surface area contributed by atoms with Gasteiger partial charge >= 0.3 is 0 Å². The lowest BCUT2D eigenvalue weighted by Crippen LogP contribution is -2.53. The lowest BCUT2D eigenvalue weighted by atomic mass is 9.75. The van der Waals surface area contributed by atoms with Crippen LogP contribution in [0.1, 0.15) is 22.3 Å². The molecule has 6 heteroatoms. The van der Waals surface area contributed by atoms with Gasteiger partial charge in [0.25, 0.3) is 0 Å². The van der Waals surface area contributed by atoms with E-state index in [0.29, 0.717) is 6.42 Å². The van der Waals surface area contributed by atoms with Crippen LogP contribution in [0.3, 0.4) is 0 Å². The molecule has 3 heterocycles. The molecule has 0 aliphatic carbocycles. The van der Waals surface area contributed by atoms with Crippen LogP contribution in [-0.4, -0.2) is 23.8 Å². The third-order valence-electron chi connectivity index (χ3n) is 6.30. The molecule has 6 nitrogen and oxygen atoms in total. The second-order valence-corrected chi connectivity index (χ2v) is 8.06. The molecule has 0 radical (unpaired) electrons. The number of hydrogen-bond donors (Lipinski definition) is 3. The van der Waals surface area contributed by atoms with E-state index in [1.807, 2.05) is 56.3 Å². The summed E-state index contributed by atoms with van der Waals surface area (Å²) in [6, 6.07) is 13.5. The zero-order chi connectivity index (χ0) is 19.6. The van der Waals surface area contributed by atoms with E-state index in [1.54, 1.807) is 0 Å². The van der Waals surface area contributed by atoms with Crippen LogP contribution in [0.15, 0.2) is 42.5 Å². The molecular weight excluding hydrogens is 354 g/mol. The summed E-state index contributed by atoms with van der Waals surface area (Å²) in [5.74, 6) is -2.26. The van der Waals surface area contributed by atoms with Gasteiger partial charge in [0.2, 0.25) is 17.7 Å². The first kappa shape index (κ1) is 17.1. The maximum Gasteiger partial charge on any atom is 0.250 e. The van der Waals surface area contributed by atoms with Gasteiger partial charge in [-0.2, -0.15) is 0 Å². The fourth-order valence-electron chi connectivity index (χ4n) is 5.23. The quantitative estimate of drug-likeness (QED) is 0.695. The third kappa shape index (κ3) is 2.15. The standard InChI is InChI=1S/C22H21N3O3/c1-11-8-12(2)18-14(9-11)22(21(28)23-18)17-16(19(26)24-20(17)27)15(25-22)10-13-6-4-3-5-7-13/h3-9,15-17,25H,10H2,1-2H3,(H,23,28)(H,24,26,27)/t15-,16+,17-,22+/m0/s1. The van der Waals surface area contributed by atoms with E-state index in [9.17, 15) is 14.4 Å². The van der Waals surface area contributed by atoms with Crippen LogP contribution in [0, 0.1) is 25.7 Å². The van der Waals surface area contributed by atoms with Crippen molar-refractivity contribution >= 4 is 23.4 Å². The summed E-state index contributed by atoms with van der Waals surface area (Å²) in [5.41, 5.74) is 3.32. The maximum atomic E-state index is 13.2. The SMILES string of the molecule is Cc1cc(C)c2c(c1)[C@]1(N[C@@H](Cc3ccccc3)[C@H]3C(=O)NC(=O)[C@H]31)C(=O)N2. The number of fused-ring (bicyclic) bond motifs is 4. The van der Waals surface area contributed by atoms with Gasteiger partial charge in [-0.05, 0) is 31.4 Å². The van der Waals surface area contributed by atoms with Crippen molar-refractivity contribution in [2.75, 3.05) is 5.32 Å². The summed E-state index contributed by atoms with van der Waals surface area (Å²) < 4.78 is 0. The smallest absolute Gasteiger partial charge is 0.250 e. The molecule has 28 heavy (non-hydrogen) atoms. The first-order valence-electron chi connectivity index (χ1n) is 9.51. The van der Waals surface area contributed by atoms with Gasteiger partial charge in [0.05, 0.1) is 11.8 Å². The minimum atomic E-state index is -1.22. The molecule has 0 unspecified atom stereocenters. The van der Waals surface area contributed by atoms with E-state index in [1.165, 1.54) is 0 Å². The molecule has 3 aliphatic rings. The zero-order valence-electron chi connectivity index (χ0n) is 15.7. The summed E-state index contributed by atoms with van der Waals surface area (Å²) in [5, 5.41) is 8.88. The Morgan fingerprint density at radius 2 is 1.71 bits per heavy atom. The number of benzene rings is 2. The lowest BCUT2D eigenvalue weighted by Gasteiger charge is -2.28. The van der Waals surface area contributed by atoms with Crippen molar-refractivity contribution in [1.82, 2.24) is 10.6 Å². The van der Waals surface area contributed by atoms with Gasteiger partial charge in [-0.1, -0.05) is 48.0 Å². The second kappa shape index (κ2) is 5.75. The molecule has 0 bridgehead atoms. The first-order chi connectivity index (χ1) is 13.4. The average Bonchev–Trinajstić information content (AvgIpc) is 3.24.